The zero-order valence-electron chi connectivity index (χ0n) is 13.1. The molecule has 0 spiro atoms. The molecule has 2 unspecified atom stereocenters. The molecule has 1 amide bonds. The number of carbonyl (C=O) groups is 1. The number of nitrogens with one attached hydrogen (secondary N) is 2. The van der Waals surface area contributed by atoms with Gasteiger partial charge >= 0.3 is 0 Å². The largest absolute Gasteiger partial charge is 0.326 e. The maximum Gasteiger partial charge on any atom is 0.221 e. The van der Waals surface area contributed by atoms with Crippen LogP contribution in [-0.2, 0) is 11.2 Å². The van der Waals surface area contributed by atoms with Gasteiger partial charge in [0.25, 0.3) is 0 Å². The number of anilines is 1. The molecule has 116 valence electrons. The van der Waals surface area contributed by atoms with Crippen molar-refractivity contribution < 1.29 is 4.79 Å². The van der Waals surface area contributed by atoms with Crippen LogP contribution in [0.3, 0.4) is 0 Å². The summed E-state index contributed by atoms with van der Waals surface area (Å²) in [6.45, 7) is 3.72. The fourth-order valence-corrected chi connectivity index (χ4v) is 4.13. The minimum atomic E-state index is -0.0343. The Morgan fingerprint density at radius 3 is 3.05 bits per heavy atom. The van der Waals surface area contributed by atoms with Gasteiger partial charge in [-0.15, -0.1) is 11.3 Å². The summed E-state index contributed by atoms with van der Waals surface area (Å²) in [5.74, 6) is -0.0343. The van der Waals surface area contributed by atoms with E-state index >= 15 is 0 Å². The van der Waals surface area contributed by atoms with Crippen molar-refractivity contribution in [3.63, 3.8) is 0 Å². The number of thiophene rings is 1. The molecule has 1 aliphatic carbocycles. The average molecular weight is 314 g/mol. The zero-order chi connectivity index (χ0) is 15.5. The Kier molecular flexibility index (Phi) is 4.60. The minimum Gasteiger partial charge on any atom is -0.326 e. The Bertz CT molecular complexity index is 665. The van der Waals surface area contributed by atoms with E-state index in [1.807, 2.05) is 23.5 Å². The first kappa shape index (κ1) is 15.3. The second-order valence-electron chi connectivity index (χ2n) is 5.94. The van der Waals surface area contributed by atoms with E-state index in [1.165, 1.54) is 42.2 Å². The number of hydrogen-bond acceptors (Lipinski definition) is 3. The van der Waals surface area contributed by atoms with Crippen molar-refractivity contribution in [3.8, 4) is 0 Å². The van der Waals surface area contributed by atoms with Crippen LogP contribution in [-0.4, -0.2) is 5.91 Å². The Morgan fingerprint density at radius 1 is 1.36 bits per heavy atom. The molecule has 0 saturated carbocycles. The highest BCUT2D eigenvalue weighted by atomic mass is 32.1. The van der Waals surface area contributed by atoms with Gasteiger partial charge in [-0.25, -0.2) is 0 Å². The second-order valence-corrected chi connectivity index (χ2v) is 6.94. The van der Waals surface area contributed by atoms with E-state index in [2.05, 4.69) is 41.1 Å². The van der Waals surface area contributed by atoms with Crippen molar-refractivity contribution in [1.82, 2.24) is 5.32 Å². The second kappa shape index (κ2) is 6.63. The van der Waals surface area contributed by atoms with Crippen LogP contribution >= 0.6 is 11.3 Å². The summed E-state index contributed by atoms with van der Waals surface area (Å²) in [6, 6.07) is 11.0. The highest BCUT2D eigenvalue weighted by Gasteiger charge is 2.22. The molecule has 3 rings (SSSR count). The lowest BCUT2D eigenvalue weighted by Crippen LogP contribution is -2.27. The molecule has 3 nitrogen and oxygen atoms in total. The van der Waals surface area contributed by atoms with Crippen molar-refractivity contribution in [2.75, 3.05) is 5.32 Å². The average Bonchev–Trinajstić information content (AvgIpc) is 2.96. The van der Waals surface area contributed by atoms with Crippen molar-refractivity contribution >= 4 is 22.9 Å². The van der Waals surface area contributed by atoms with Crippen LogP contribution in [0.4, 0.5) is 5.69 Å². The summed E-state index contributed by atoms with van der Waals surface area (Å²) in [5.41, 5.74) is 3.54. The van der Waals surface area contributed by atoms with Gasteiger partial charge in [-0.05, 0) is 60.9 Å². The highest BCUT2D eigenvalue weighted by molar-refractivity contribution is 7.10. The van der Waals surface area contributed by atoms with Gasteiger partial charge in [-0.1, -0.05) is 12.1 Å². The molecular formula is C18H22N2OS. The first-order valence-corrected chi connectivity index (χ1v) is 8.71. The third-order valence-electron chi connectivity index (χ3n) is 4.21. The molecule has 1 aliphatic rings. The van der Waals surface area contributed by atoms with Gasteiger partial charge in [-0.3, -0.25) is 4.79 Å². The maximum absolute atomic E-state index is 11.2. The summed E-state index contributed by atoms with van der Waals surface area (Å²) < 4.78 is 0. The number of amides is 1. The Hall–Kier alpha value is -1.65. The fraction of sp³-hybridized carbons (Fsp3) is 0.389. The lowest BCUT2D eigenvalue weighted by atomic mass is 9.93. The molecule has 0 aliphatic heterocycles. The van der Waals surface area contributed by atoms with Crippen LogP contribution in [0.25, 0.3) is 0 Å². The van der Waals surface area contributed by atoms with E-state index in [-0.39, 0.29) is 11.9 Å². The van der Waals surface area contributed by atoms with Crippen LogP contribution < -0.4 is 10.6 Å². The molecule has 0 saturated heterocycles. The van der Waals surface area contributed by atoms with Crippen molar-refractivity contribution in [2.24, 2.45) is 0 Å². The molecule has 1 heterocycles. The molecule has 22 heavy (non-hydrogen) atoms. The summed E-state index contributed by atoms with van der Waals surface area (Å²) in [7, 11) is 0. The number of fused-ring (bicyclic) bond motifs is 1. The van der Waals surface area contributed by atoms with Crippen LogP contribution in [0.2, 0.25) is 0 Å². The third kappa shape index (κ3) is 3.39. The Morgan fingerprint density at radius 2 is 2.23 bits per heavy atom. The van der Waals surface area contributed by atoms with E-state index in [9.17, 15) is 4.79 Å². The van der Waals surface area contributed by atoms with Crippen LogP contribution in [0.5, 0.6) is 0 Å². The van der Waals surface area contributed by atoms with E-state index in [1.54, 1.807) is 0 Å². The molecule has 2 atom stereocenters. The number of rotatable bonds is 4. The molecule has 1 aromatic heterocycles. The van der Waals surface area contributed by atoms with Gasteiger partial charge in [0.15, 0.2) is 0 Å². The van der Waals surface area contributed by atoms with Crippen molar-refractivity contribution in [3.05, 3.63) is 51.7 Å². The Labute approximate surface area is 135 Å². The van der Waals surface area contributed by atoms with Crippen LogP contribution in [0.1, 0.15) is 54.8 Å². The molecule has 2 aromatic rings. The number of aryl methyl sites for hydroxylation is 1. The van der Waals surface area contributed by atoms with Crippen molar-refractivity contribution in [1.29, 1.82) is 0 Å². The van der Waals surface area contributed by atoms with E-state index < -0.39 is 0 Å². The van der Waals surface area contributed by atoms with E-state index in [0.29, 0.717) is 6.04 Å². The van der Waals surface area contributed by atoms with E-state index in [0.717, 1.165) is 5.69 Å². The minimum absolute atomic E-state index is 0.0343. The molecule has 0 bridgehead atoms. The molecule has 0 radical (unpaired) electrons. The summed E-state index contributed by atoms with van der Waals surface area (Å²) >= 11 is 1.87. The molecule has 2 N–H and O–H groups in total. The van der Waals surface area contributed by atoms with Crippen LogP contribution in [0.15, 0.2) is 35.7 Å². The van der Waals surface area contributed by atoms with Gasteiger partial charge < -0.3 is 10.6 Å². The highest BCUT2D eigenvalue weighted by Crippen LogP contribution is 2.34. The zero-order valence-corrected chi connectivity index (χ0v) is 13.9. The topological polar surface area (TPSA) is 41.1 Å². The van der Waals surface area contributed by atoms with Gasteiger partial charge in [-0.2, -0.15) is 0 Å². The quantitative estimate of drug-likeness (QED) is 0.876. The van der Waals surface area contributed by atoms with Crippen molar-refractivity contribution in [2.45, 2.75) is 45.2 Å². The normalized spacial score (nSPS) is 18.5. The first-order chi connectivity index (χ1) is 10.6. The fourth-order valence-electron chi connectivity index (χ4n) is 3.15. The van der Waals surface area contributed by atoms with Gasteiger partial charge in [0.05, 0.1) is 0 Å². The monoisotopic (exact) mass is 314 g/mol. The number of carbonyl (C=O) groups excluding carboxylic acids is 1. The van der Waals surface area contributed by atoms with Gasteiger partial charge in [0, 0.05) is 29.6 Å². The first-order valence-electron chi connectivity index (χ1n) is 7.83. The molecule has 0 fully saturated rings. The van der Waals surface area contributed by atoms with Crippen LogP contribution in [0, 0.1) is 0 Å². The standard InChI is InChI=1S/C18H22N2OS/c1-12(14-5-3-6-15(11-14)20-13(2)21)19-17-7-4-8-18-16(17)9-10-22-18/h3,5-6,9-12,17,19H,4,7-8H2,1-2H3,(H,20,21). The van der Waals surface area contributed by atoms with E-state index in [4.69, 9.17) is 0 Å². The molecular weight excluding hydrogens is 292 g/mol. The lowest BCUT2D eigenvalue weighted by molar-refractivity contribution is -0.114. The number of benzene rings is 1. The smallest absolute Gasteiger partial charge is 0.221 e. The molecule has 1 aromatic carbocycles. The predicted molar refractivity (Wildman–Crippen MR) is 92.3 cm³/mol. The Balaban J connectivity index is 1.73. The summed E-state index contributed by atoms with van der Waals surface area (Å²) in [5, 5.41) is 8.80. The molecule has 4 heteroatoms. The third-order valence-corrected chi connectivity index (χ3v) is 5.21. The maximum atomic E-state index is 11.2. The summed E-state index contributed by atoms with van der Waals surface area (Å²) in [4.78, 5) is 12.7. The number of hydrogen-bond donors (Lipinski definition) is 2. The van der Waals surface area contributed by atoms with Gasteiger partial charge in [0.1, 0.15) is 0 Å². The van der Waals surface area contributed by atoms with Gasteiger partial charge in [0.2, 0.25) is 5.91 Å². The predicted octanol–water partition coefficient (Wildman–Crippen LogP) is 4.43. The SMILES string of the molecule is CC(=O)Nc1cccc(C(C)NC2CCCc3sccc32)c1. The summed E-state index contributed by atoms with van der Waals surface area (Å²) in [6.07, 6.45) is 3.67. The lowest BCUT2D eigenvalue weighted by Gasteiger charge is -2.27.